The largest absolute Gasteiger partial charge is 0.377 e. The van der Waals surface area contributed by atoms with Gasteiger partial charge in [-0.15, -0.1) is 0 Å². The van der Waals surface area contributed by atoms with Crippen LogP contribution >= 0.6 is 15.9 Å². The van der Waals surface area contributed by atoms with Crippen LogP contribution in [0.25, 0.3) is 0 Å². The number of rotatable bonds is 3. The lowest BCUT2D eigenvalue weighted by molar-refractivity contribution is 0.0847. The van der Waals surface area contributed by atoms with Crippen LogP contribution in [0.2, 0.25) is 0 Å². The van der Waals surface area contributed by atoms with E-state index in [1.54, 1.807) is 0 Å². The Bertz CT molecular complexity index is 325. The number of ketones is 1. The van der Waals surface area contributed by atoms with Crippen molar-refractivity contribution < 1.29 is 13.9 Å². The Labute approximate surface area is 83.8 Å². The molecule has 1 aromatic rings. The first kappa shape index (κ1) is 10.3. The minimum Gasteiger partial charge on any atom is -0.377 e. The lowest BCUT2D eigenvalue weighted by Crippen LogP contribution is -2.08. The molecule has 0 saturated carbocycles. The van der Waals surface area contributed by atoms with Gasteiger partial charge in [-0.2, -0.15) is 0 Å². The summed E-state index contributed by atoms with van der Waals surface area (Å²) in [7, 11) is 1.42. The summed E-state index contributed by atoms with van der Waals surface area (Å²) in [6.45, 7) is -0.0396. The van der Waals surface area contributed by atoms with Crippen LogP contribution in [0.5, 0.6) is 0 Å². The van der Waals surface area contributed by atoms with Crippen molar-refractivity contribution in [1.29, 1.82) is 0 Å². The fourth-order valence-electron chi connectivity index (χ4n) is 0.920. The van der Waals surface area contributed by atoms with Crippen molar-refractivity contribution in [2.45, 2.75) is 0 Å². The Morgan fingerprint density at radius 2 is 2.31 bits per heavy atom. The van der Waals surface area contributed by atoms with E-state index in [-0.39, 0.29) is 12.4 Å². The highest BCUT2D eigenvalue weighted by Gasteiger charge is 2.10. The molecule has 1 rings (SSSR count). The van der Waals surface area contributed by atoms with E-state index in [0.717, 1.165) is 0 Å². The second-order valence-corrected chi connectivity index (χ2v) is 3.33. The zero-order valence-corrected chi connectivity index (χ0v) is 8.60. The van der Waals surface area contributed by atoms with E-state index in [9.17, 15) is 9.18 Å². The van der Waals surface area contributed by atoms with E-state index in [2.05, 4.69) is 20.7 Å². The Hall–Kier alpha value is -0.740. The van der Waals surface area contributed by atoms with Gasteiger partial charge in [0, 0.05) is 17.1 Å². The second-order valence-electron chi connectivity index (χ2n) is 2.48. The van der Waals surface area contributed by atoms with Crippen molar-refractivity contribution >= 4 is 21.7 Å². The number of benzene rings is 1. The van der Waals surface area contributed by atoms with E-state index >= 15 is 0 Å². The van der Waals surface area contributed by atoms with Crippen LogP contribution < -0.4 is 0 Å². The number of Topliss-reactive ketones (excluding diaryl/α,β-unsaturated/α-hetero) is 1. The summed E-state index contributed by atoms with van der Waals surface area (Å²) in [6.07, 6.45) is 0. The molecule has 0 aliphatic carbocycles. The normalized spacial score (nSPS) is 10.1. The van der Waals surface area contributed by atoms with Gasteiger partial charge in [0.25, 0.3) is 0 Å². The number of halogens is 2. The molecule has 0 aliphatic heterocycles. The van der Waals surface area contributed by atoms with Gasteiger partial charge in [-0.3, -0.25) is 4.79 Å². The van der Waals surface area contributed by atoms with E-state index in [1.165, 1.54) is 25.3 Å². The van der Waals surface area contributed by atoms with Gasteiger partial charge in [-0.1, -0.05) is 15.9 Å². The summed E-state index contributed by atoms with van der Waals surface area (Å²) in [4.78, 5) is 11.3. The zero-order valence-electron chi connectivity index (χ0n) is 7.01. The topological polar surface area (TPSA) is 26.3 Å². The number of ether oxygens (including phenoxy) is 1. The minimum absolute atomic E-state index is 0.0396. The molecule has 0 aliphatic rings. The van der Waals surface area contributed by atoms with Gasteiger partial charge in [-0.05, 0) is 18.2 Å². The van der Waals surface area contributed by atoms with Crippen LogP contribution in [0.15, 0.2) is 22.7 Å². The predicted octanol–water partition coefficient (Wildman–Crippen LogP) is 2.42. The molecule has 70 valence electrons. The highest BCUT2D eigenvalue weighted by atomic mass is 79.9. The van der Waals surface area contributed by atoms with Crippen LogP contribution in [-0.4, -0.2) is 19.5 Å². The van der Waals surface area contributed by atoms with Crippen LogP contribution in [0, 0.1) is 5.82 Å². The fourth-order valence-corrected chi connectivity index (χ4v) is 1.39. The predicted molar refractivity (Wildman–Crippen MR) is 50.3 cm³/mol. The van der Waals surface area contributed by atoms with Gasteiger partial charge in [0.1, 0.15) is 12.4 Å². The van der Waals surface area contributed by atoms with Crippen LogP contribution in [0.1, 0.15) is 10.4 Å². The number of carbonyl (C=O) groups excluding carboxylic acids is 1. The third kappa shape index (κ3) is 2.60. The smallest absolute Gasteiger partial charge is 0.189 e. The minimum atomic E-state index is -0.428. The van der Waals surface area contributed by atoms with E-state index in [4.69, 9.17) is 0 Å². The van der Waals surface area contributed by atoms with E-state index < -0.39 is 5.82 Å². The van der Waals surface area contributed by atoms with E-state index in [1.807, 2.05) is 0 Å². The monoisotopic (exact) mass is 246 g/mol. The van der Waals surface area contributed by atoms with Gasteiger partial charge >= 0.3 is 0 Å². The molecule has 0 fully saturated rings. The van der Waals surface area contributed by atoms with Gasteiger partial charge in [0.2, 0.25) is 0 Å². The Balaban J connectivity index is 2.99. The summed E-state index contributed by atoms with van der Waals surface area (Å²) in [5, 5.41) is 0. The molecule has 0 saturated heterocycles. The third-order valence-corrected chi connectivity index (χ3v) is 2.20. The van der Waals surface area contributed by atoms with Crippen molar-refractivity contribution in [3.8, 4) is 0 Å². The van der Waals surface area contributed by atoms with Gasteiger partial charge in [-0.25, -0.2) is 4.39 Å². The van der Waals surface area contributed by atoms with Crippen molar-refractivity contribution in [1.82, 2.24) is 0 Å². The average Bonchev–Trinajstić information content (AvgIpc) is 2.09. The van der Waals surface area contributed by atoms with Crippen molar-refractivity contribution in [3.05, 3.63) is 34.1 Å². The molecule has 0 aromatic heterocycles. The highest BCUT2D eigenvalue weighted by molar-refractivity contribution is 9.10. The molecular formula is C9H8BrFO2. The SMILES string of the molecule is COCC(=O)c1cc(F)ccc1Br. The third-order valence-electron chi connectivity index (χ3n) is 1.50. The molecule has 0 radical (unpaired) electrons. The second kappa shape index (κ2) is 4.48. The summed E-state index contributed by atoms with van der Waals surface area (Å²) < 4.78 is 18.0. The molecule has 0 atom stereocenters. The zero-order chi connectivity index (χ0) is 9.84. The molecule has 2 nitrogen and oxygen atoms in total. The molecular weight excluding hydrogens is 239 g/mol. The summed E-state index contributed by atoms with van der Waals surface area (Å²) in [6, 6.07) is 3.97. The van der Waals surface area contributed by atoms with Crippen molar-refractivity contribution in [2.24, 2.45) is 0 Å². The van der Waals surface area contributed by atoms with Gasteiger partial charge < -0.3 is 4.74 Å². The highest BCUT2D eigenvalue weighted by Crippen LogP contribution is 2.18. The molecule has 0 bridgehead atoms. The first-order valence-corrected chi connectivity index (χ1v) is 4.41. The number of carbonyl (C=O) groups is 1. The maximum absolute atomic E-state index is 12.7. The molecule has 0 N–H and O–H groups in total. The maximum atomic E-state index is 12.7. The summed E-state index contributed by atoms with van der Waals surface area (Å²) >= 11 is 3.16. The van der Waals surface area contributed by atoms with Gasteiger partial charge in [0.05, 0.1) is 0 Å². The first-order chi connectivity index (χ1) is 6.15. The van der Waals surface area contributed by atoms with Crippen LogP contribution in [0.3, 0.4) is 0 Å². The lowest BCUT2D eigenvalue weighted by Gasteiger charge is -2.02. The quantitative estimate of drug-likeness (QED) is 0.766. The summed E-state index contributed by atoms with van der Waals surface area (Å²) in [5.74, 6) is -0.670. The lowest BCUT2D eigenvalue weighted by atomic mass is 10.1. The maximum Gasteiger partial charge on any atom is 0.189 e. The molecule has 0 amide bonds. The number of hydrogen-bond acceptors (Lipinski definition) is 2. The Morgan fingerprint density at radius 1 is 1.62 bits per heavy atom. The summed E-state index contributed by atoms with van der Waals surface area (Å²) in [5.41, 5.74) is 0.307. The Morgan fingerprint density at radius 3 is 2.92 bits per heavy atom. The number of hydrogen-bond donors (Lipinski definition) is 0. The van der Waals surface area contributed by atoms with E-state index in [0.29, 0.717) is 10.0 Å². The standard InChI is InChI=1S/C9H8BrFO2/c1-13-5-9(12)7-4-6(11)2-3-8(7)10/h2-4H,5H2,1H3. The molecule has 13 heavy (non-hydrogen) atoms. The Kier molecular flexibility index (Phi) is 3.57. The molecule has 0 spiro atoms. The van der Waals surface area contributed by atoms with Gasteiger partial charge in [0.15, 0.2) is 5.78 Å². The van der Waals surface area contributed by atoms with Crippen LogP contribution in [0.4, 0.5) is 4.39 Å². The molecule has 0 heterocycles. The number of methoxy groups -OCH3 is 1. The molecule has 1 aromatic carbocycles. The molecule has 4 heteroatoms. The van der Waals surface area contributed by atoms with Crippen molar-refractivity contribution in [3.63, 3.8) is 0 Å². The van der Waals surface area contributed by atoms with Crippen LogP contribution in [-0.2, 0) is 4.74 Å². The average molecular weight is 247 g/mol. The first-order valence-electron chi connectivity index (χ1n) is 3.62. The van der Waals surface area contributed by atoms with Crippen molar-refractivity contribution in [2.75, 3.05) is 13.7 Å². The fraction of sp³-hybridized carbons (Fsp3) is 0.222. The molecule has 0 unspecified atom stereocenters.